The second-order valence-electron chi connectivity index (χ2n) is 6.33. The zero-order valence-electron chi connectivity index (χ0n) is 14.8. The van der Waals surface area contributed by atoms with Gasteiger partial charge >= 0.3 is 0 Å². The number of nitrogens with one attached hydrogen (secondary N) is 1. The van der Waals surface area contributed by atoms with Gasteiger partial charge in [-0.25, -0.2) is 0 Å². The van der Waals surface area contributed by atoms with Crippen LogP contribution < -0.4 is 4.74 Å². The van der Waals surface area contributed by atoms with E-state index in [9.17, 15) is 4.79 Å². The highest BCUT2D eigenvalue weighted by atomic mass is 35.5. The Morgan fingerprint density at radius 3 is 2.54 bits per heavy atom. The van der Waals surface area contributed by atoms with Crippen LogP contribution in [0.4, 0.5) is 0 Å². The van der Waals surface area contributed by atoms with E-state index in [2.05, 4.69) is 10.2 Å². The molecule has 0 radical (unpaired) electrons. The van der Waals surface area contributed by atoms with Gasteiger partial charge < -0.3 is 4.74 Å². The third-order valence-corrected chi connectivity index (χ3v) is 4.74. The van der Waals surface area contributed by atoms with Crippen LogP contribution >= 0.6 is 11.6 Å². The lowest BCUT2D eigenvalue weighted by atomic mass is 9.87. The molecule has 1 unspecified atom stereocenters. The van der Waals surface area contributed by atoms with E-state index in [1.165, 1.54) is 0 Å². The van der Waals surface area contributed by atoms with Crippen LogP contribution in [-0.2, 0) is 11.4 Å². The van der Waals surface area contributed by atoms with Gasteiger partial charge in [0.25, 0.3) is 0 Å². The monoisotopic (exact) mass is 368 g/mol. The quantitative estimate of drug-likeness (QED) is 0.634. The molecule has 4 nitrogen and oxygen atoms in total. The summed E-state index contributed by atoms with van der Waals surface area (Å²) in [7, 11) is 0. The SMILES string of the molecule is CC(=O)CC(c1ccc(OCc2ccccc2Cl)cc1)c1c[nH]nc1C. The van der Waals surface area contributed by atoms with Crippen LogP contribution in [0.25, 0.3) is 0 Å². The third-order valence-electron chi connectivity index (χ3n) is 4.37. The molecular weight excluding hydrogens is 348 g/mol. The van der Waals surface area contributed by atoms with Crippen molar-refractivity contribution < 1.29 is 9.53 Å². The molecule has 2 aromatic carbocycles. The normalized spacial score (nSPS) is 12.0. The molecule has 0 amide bonds. The molecule has 0 fully saturated rings. The Morgan fingerprint density at radius 2 is 1.92 bits per heavy atom. The predicted molar refractivity (Wildman–Crippen MR) is 103 cm³/mol. The van der Waals surface area contributed by atoms with Crippen LogP contribution in [0.1, 0.15) is 41.6 Å². The molecular formula is C21H21ClN2O2. The summed E-state index contributed by atoms with van der Waals surface area (Å²) in [5.74, 6) is 0.901. The van der Waals surface area contributed by atoms with E-state index in [1.807, 2.05) is 61.7 Å². The zero-order chi connectivity index (χ0) is 18.5. The fourth-order valence-corrected chi connectivity index (χ4v) is 3.18. The fourth-order valence-electron chi connectivity index (χ4n) is 2.99. The number of halogens is 1. The summed E-state index contributed by atoms with van der Waals surface area (Å²) in [5, 5.41) is 7.76. The number of H-pyrrole nitrogens is 1. The van der Waals surface area contributed by atoms with Crippen LogP contribution in [0.2, 0.25) is 5.02 Å². The van der Waals surface area contributed by atoms with Gasteiger partial charge in [0, 0.05) is 34.7 Å². The molecule has 1 N–H and O–H groups in total. The van der Waals surface area contributed by atoms with Crippen molar-refractivity contribution in [1.29, 1.82) is 0 Å². The molecule has 0 aliphatic heterocycles. The van der Waals surface area contributed by atoms with Crippen LogP contribution in [-0.4, -0.2) is 16.0 Å². The highest BCUT2D eigenvalue weighted by molar-refractivity contribution is 6.31. The highest BCUT2D eigenvalue weighted by Crippen LogP contribution is 2.31. The molecule has 26 heavy (non-hydrogen) atoms. The van der Waals surface area contributed by atoms with E-state index in [1.54, 1.807) is 6.92 Å². The molecule has 134 valence electrons. The third kappa shape index (κ3) is 4.33. The van der Waals surface area contributed by atoms with Crippen molar-refractivity contribution in [2.75, 3.05) is 0 Å². The summed E-state index contributed by atoms with van der Waals surface area (Å²) >= 11 is 6.16. The topological polar surface area (TPSA) is 55.0 Å². The lowest BCUT2D eigenvalue weighted by molar-refractivity contribution is -0.117. The largest absolute Gasteiger partial charge is 0.489 e. The Morgan fingerprint density at radius 1 is 1.19 bits per heavy atom. The van der Waals surface area contributed by atoms with E-state index in [4.69, 9.17) is 16.3 Å². The summed E-state index contributed by atoms with van der Waals surface area (Å²) in [6.45, 7) is 3.97. The lowest BCUT2D eigenvalue weighted by Gasteiger charge is -2.16. The predicted octanol–water partition coefficient (Wildman–Crippen LogP) is 5.06. The number of hydrogen-bond donors (Lipinski definition) is 1. The van der Waals surface area contributed by atoms with Gasteiger partial charge in [0.05, 0.1) is 5.69 Å². The molecule has 0 spiro atoms. The van der Waals surface area contributed by atoms with Gasteiger partial charge in [0.2, 0.25) is 0 Å². The molecule has 1 atom stereocenters. The second kappa shape index (κ2) is 8.19. The number of ether oxygens (including phenoxy) is 1. The number of aromatic nitrogens is 2. The van der Waals surface area contributed by atoms with E-state index >= 15 is 0 Å². The molecule has 5 heteroatoms. The number of ketones is 1. The summed E-state index contributed by atoms with van der Waals surface area (Å²) in [6.07, 6.45) is 2.31. The Kier molecular flexibility index (Phi) is 5.74. The molecule has 0 aliphatic carbocycles. The fraction of sp³-hybridized carbons (Fsp3) is 0.238. The highest BCUT2D eigenvalue weighted by Gasteiger charge is 2.19. The average Bonchev–Trinajstić information content (AvgIpc) is 3.05. The van der Waals surface area contributed by atoms with Crippen LogP contribution in [0.15, 0.2) is 54.7 Å². The first-order chi connectivity index (χ1) is 12.5. The minimum Gasteiger partial charge on any atom is -0.489 e. The van der Waals surface area contributed by atoms with Gasteiger partial charge in [-0.05, 0) is 37.6 Å². The van der Waals surface area contributed by atoms with Gasteiger partial charge in [-0.1, -0.05) is 41.9 Å². The van der Waals surface area contributed by atoms with Crippen molar-refractivity contribution in [2.24, 2.45) is 0 Å². The van der Waals surface area contributed by atoms with Gasteiger partial charge in [-0.3, -0.25) is 9.89 Å². The van der Waals surface area contributed by atoms with Crippen LogP contribution in [0.5, 0.6) is 5.75 Å². The standard InChI is InChI=1S/C21H21ClN2O2/c1-14(25)11-19(20-12-23-24-15(20)2)16-7-9-18(10-8-16)26-13-17-5-3-4-6-21(17)22/h3-10,12,19H,11,13H2,1-2H3,(H,23,24). The van der Waals surface area contributed by atoms with Crippen LogP contribution in [0, 0.1) is 6.92 Å². The number of aryl methyl sites for hydroxylation is 1. The number of hydrogen-bond acceptors (Lipinski definition) is 3. The molecule has 1 aromatic heterocycles. The smallest absolute Gasteiger partial charge is 0.130 e. The molecule has 0 aliphatic rings. The van der Waals surface area contributed by atoms with Gasteiger partial charge in [0.1, 0.15) is 18.1 Å². The van der Waals surface area contributed by atoms with Gasteiger partial charge in [-0.15, -0.1) is 0 Å². The number of carbonyl (C=O) groups is 1. The maximum Gasteiger partial charge on any atom is 0.130 e. The Labute approximate surface area is 158 Å². The van der Waals surface area contributed by atoms with Crippen molar-refractivity contribution in [3.8, 4) is 5.75 Å². The number of benzene rings is 2. The van der Waals surface area contributed by atoms with E-state index in [0.717, 1.165) is 28.1 Å². The second-order valence-corrected chi connectivity index (χ2v) is 6.74. The minimum absolute atomic E-state index is 0.0103. The maximum absolute atomic E-state index is 11.7. The first-order valence-electron chi connectivity index (χ1n) is 8.50. The number of Topliss-reactive ketones (excluding diaryl/α,β-unsaturated/α-hetero) is 1. The van der Waals surface area contributed by atoms with E-state index in [-0.39, 0.29) is 11.7 Å². The number of rotatable bonds is 7. The summed E-state index contributed by atoms with van der Waals surface area (Å²) in [6, 6.07) is 15.5. The molecule has 3 rings (SSSR count). The molecule has 1 heterocycles. The van der Waals surface area contributed by atoms with Crippen LogP contribution in [0.3, 0.4) is 0 Å². The Hall–Kier alpha value is -2.59. The molecule has 3 aromatic rings. The number of carbonyl (C=O) groups excluding carboxylic acids is 1. The molecule has 0 saturated heterocycles. The van der Waals surface area contributed by atoms with Crippen molar-refractivity contribution in [1.82, 2.24) is 10.2 Å². The van der Waals surface area contributed by atoms with Crippen molar-refractivity contribution in [3.63, 3.8) is 0 Å². The first-order valence-corrected chi connectivity index (χ1v) is 8.88. The Balaban J connectivity index is 1.75. The first kappa shape index (κ1) is 18.2. The van der Waals surface area contributed by atoms with E-state index < -0.39 is 0 Å². The minimum atomic E-state index is -0.0103. The summed E-state index contributed by atoms with van der Waals surface area (Å²) in [5.41, 5.74) is 3.97. The maximum atomic E-state index is 11.7. The molecule has 0 bridgehead atoms. The zero-order valence-corrected chi connectivity index (χ0v) is 15.6. The molecule has 0 saturated carbocycles. The van der Waals surface area contributed by atoms with Crippen molar-refractivity contribution >= 4 is 17.4 Å². The van der Waals surface area contributed by atoms with Gasteiger partial charge in [-0.2, -0.15) is 5.10 Å². The summed E-state index contributed by atoms with van der Waals surface area (Å²) in [4.78, 5) is 11.7. The number of aromatic amines is 1. The lowest BCUT2D eigenvalue weighted by Crippen LogP contribution is -2.07. The summed E-state index contributed by atoms with van der Waals surface area (Å²) < 4.78 is 5.83. The average molecular weight is 369 g/mol. The Bertz CT molecular complexity index is 887. The number of nitrogens with zero attached hydrogens (tertiary/aromatic N) is 1. The van der Waals surface area contributed by atoms with Crippen molar-refractivity contribution in [2.45, 2.75) is 32.8 Å². The van der Waals surface area contributed by atoms with Crippen molar-refractivity contribution in [3.05, 3.63) is 82.1 Å². The van der Waals surface area contributed by atoms with E-state index in [0.29, 0.717) is 18.1 Å². The van der Waals surface area contributed by atoms with Gasteiger partial charge in [0.15, 0.2) is 0 Å².